The highest BCUT2D eigenvalue weighted by Crippen LogP contribution is 2.36. The second-order valence-corrected chi connectivity index (χ2v) is 6.72. The van der Waals surface area contributed by atoms with Crippen LogP contribution in [0, 0.1) is 0 Å². The van der Waals surface area contributed by atoms with Gasteiger partial charge in [0, 0.05) is 13.3 Å². The fraction of sp³-hybridized carbons (Fsp3) is 0.300. The molecule has 1 atom stereocenters. The van der Waals surface area contributed by atoms with Crippen LogP contribution in [0.4, 0.5) is 0 Å². The molecule has 1 fully saturated rings. The predicted octanol–water partition coefficient (Wildman–Crippen LogP) is 2.02. The van der Waals surface area contributed by atoms with Gasteiger partial charge >= 0.3 is 0 Å². The van der Waals surface area contributed by atoms with Crippen molar-refractivity contribution in [3.05, 3.63) is 36.0 Å². The summed E-state index contributed by atoms with van der Waals surface area (Å²) < 4.78 is 11.1. The Morgan fingerprint density at radius 1 is 1.32 bits per heavy atom. The number of carbonyl (C=O) groups excluding carboxylic acids is 3. The summed E-state index contributed by atoms with van der Waals surface area (Å²) in [6, 6.07) is 9.33. The third-order valence-electron chi connectivity index (χ3n) is 4.77. The zero-order valence-corrected chi connectivity index (χ0v) is 15.3. The molecule has 3 aromatic rings. The van der Waals surface area contributed by atoms with E-state index in [2.05, 4.69) is 15.8 Å². The van der Waals surface area contributed by atoms with Crippen molar-refractivity contribution in [2.75, 3.05) is 13.2 Å². The van der Waals surface area contributed by atoms with Crippen LogP contribution in [0.15, 0.2) is 34.9 Å². The van der Waals surface area contributed by atoms with E-state index in [1.807, 2.05) is 24.3 Å². The van der Waals surface area contributed by atoms with Gasteiger partial charge in [-0.2, -0.15) is 0 Å². The number of fused-ring (bicyclic) bond motifs is 3. The van der Waals surface area contributed by atoms with Crippen LogP contribution >= 0.6 is 0 Å². The molecule has 0 radical (unpaired) electrons. The van der Waals surface area contributed by atoms with Gasteiger partial charge in [0.1, 0.15) is 18.1 Å². The highest BCUT2D eigenvalue weighted by atomic mass is 16.5. The molecule has 28 heavy (non-hydrogen) atoms. The van der Waals surface area contributed by atoms with Crippen LogP contribution in [0.2, 0.25) is 0 Å². The van der Waals surface area contributed by atoms with Crippen LogP contribution in [-0.4, -0.2) is 36.0 Å². The first-order chi connectivity index (χ1) is 13.5. The smallest absolute Gasteiger partial charge is 0.235 e. The Hall–Kier alpha value is -3.42. The van der Waals surface area contributed by atoms with E-state index in [9.17, 15) is 14.4 Å². The molecular formula is C20H19N3O5. The van der Waals surface area contributed by atoms with E-state index >= 15 is 0 Å². The summed E-state index contributed by atoms with van der Waals surface area (Å²) in [5.74, 6) is -0.548. The topological polar surface area (TPSA) is 111 Å². The van der Waals surface area contributed by atoms with Gasteiger partial charge in [-0.1, -0.05) is 11.2 Å². The standard InChI is InChI=1S/C20H19N3O5/c1-11(24)21-8-9-27-13-3-4-14-12(10-13)2-6-16-18(14)19(23-28-16)15-5-7-17(25)22-20(15)26/h2-4,6,10,15H,5,7-9H2,1H3,(H,21,24)(H,22,25,26)/t15-/m1/s1. The average Bonchev–Trinajstić information content (AvgIpc) is 3.09. The van der Waals surface area contributed by atoms with Gasteiger partial charge in [0.25, 0.3) is 0 Å². The van der Waals surface area contributed by atoms with Gasteiger partial charge < -0.3 is 14.6 Å². The largest absolute Gasteiger partial charge is 0.492 e. The summed E-state index contributed by atoms with van der Waals surface area (Å²) in [5.41, 5.74) is 1.14. The summed E-state index contributed by atoms with van der Waals surface area (Å²) in [7, 11) is 0. The lowest BCUT2D eigenvalue weighted by Gasteiger charge is -2.19. The monoisotopic (exact) mass is 381 g/mol. The Labute approximate surface area is 160 Å². The number of amides is 3. The van der Waals surface area contributed by atoms with E-state index in [0.717, 1.165) is 16.2 Å². The first-order valence-corrected chi connectivity index (χ1v) is 9.06. The predicted molar refractivity (Wildman–Crippen MR) is 101 cm³/mol. The molecular weight excluding hydrogens is 362 g/mol. The number of aromatic nitrogens is 1. The van der Waals surface area contributed by atoms with E-state index in [0.29, 0.717) is 36.6 Å². The van der Waals surface area contributed by atoms with Crippen molar-refractivity contribution in [3.63, 3.8) is 0 Å². The number of ether oxygens (including phenoxy) is 1. The van der Waals surface area contributed by atoms with Crippen molar-refractivity contribution in [2.24, 2.45) is 0 Å². The molecule has 2 aromatic carbocycles. The van der Waals surface area contributed by atoms with Crippen molar-refractivity contribution in [1.82, 2.24) is 15.8 Å². The number of nitrogens with zero attached hydrogens (tertiary/aromatic N) is 1. The number of hydrogen-bond donors (Lipinski definition) is 2. The maximum Gasteiger partial charge on any atom is 0.235 e. The van der Waals surface area contributed by atoms with E-state index in [1.54, 1.807) is 6.07 Å². The second kappa shape index (κ2) is 7.30. The van der Waals surface area contributed by atoms with Crippen molar-refractivity contribution in [1.29, 1.82) is 0 Å². The van der Waals surface area contributed by atoms with Crippen molar-refractivity contribution >= 4 is 39.5 Å². The Bertz CT molecular complexity index is 1090. The Balaban J connectivity index is 1.65. The third kappa shape index (κ3) is 3.40. The van der Waals surface area contributed by atoms with E-state index in [4.69, 9.17) is 9.26 Å². The quantitative estimate of drug-likeness (QED) is 0.517. The van der Waals surface area contributed by atoms with Crippen molar-refractivity contribution < 1.29 is 23.6 Å². The van der Waals surface area contributed by atoms with Crippen LogP contribution in [-0.2, 0) is 14.4 Å². The molecule has 2 heterocycles. The SMILES string of the molecule is CC(=O)NCCOc1ccc2c(ccc3onc([C@H]4CCC(=O)NC4=O)c32)c1. The lowest BCUT2D eigenvalue weighted by Crippen LogP contribution is -2.39. The van der Waals surface area contributed by atoms with Crippen LogP contribution in [0.25, 0.3) is 21.7 Å². The van der Waals surface area contributed by atoms with Gasteiger partial charge in [-0.05, 0) is 41.5 Å². The third-order valence-corrected chi connectivity index (χ3v) is 4.77. The first-order valence-electron chi connectivity index (χ1n) is 9.06. The number of carbonyl (C=O) groups is 3. The lowest BCUT2D eigenvalue weighted by atomic mass is 9.91. The average molecular weight is 381 g/mol. The van der Waals surface area contributed by atoms with Gasteiger partial charge in [0.2, 0.25) is 17.7 Å². The maximum absolute atomic E-state index is 12.3. The molecule has 4 rings (SSSR count). The summed E-state index contributed by atoms with van der Waals surface area (Å²) in [5, 5.41) is 11.8. The molecule has 0 bridgehead atoms. The van der Waals surface area contributed by atoms with Gasteiger partial charge in [0.05, 0.1) is 17.8 Å². The van der Waals surface area contributed by atoms with Gasteiger partial charge in [-0.25, -0.2) is 0 Å². The molecule has 3 amide bonds. The van der Waals surface area contributed by atoms with E-state index in [-0.39, 0.29) is 24.1 Å². The molecule has 2 N–H and O–H groups in total. The Morgan fingerprint density at radius 3 is 2.96 bits per heavy atom. The molecule has 1 aromatic heterocycles. The Kier molecular flexibility index (Phi) is 4.68. The van der Waals surface area contributed by atoms with E-state index in [1.165, 1.54) is 6.92 Å². The summed E-state index contributed by atoms with van der Waals surface area (Å²) in [6.45, 7) is 2.25. The minimum absolute atomic E-state index is 0.0991. The molecule has 0 saturated carbocycles. The zero-order valence-electron chi connectivity index (χ0n) is 15.3. The second-order valence-electron chi connectivity index (χ2n) is 6.72. The van der Waals surface area contributed by atoms with E-state index < -0.39 is 5.92 Å². The minimum Gasteiger partial charge on any atom is -0.492 e. The first kappa shape index (κ1) is 18.0. The number of hydrogen-bond acceptors (Lipinski definition) is 6. The molecule has 0 unspecified atom stereocenters. The van der Waals surface area contributed by atoms with Crippen LogP contribution < -0.4 is 15.4 Å². The molecule has 144 valence electrons. The highest BCUT2D eigenvalue weighted by molar-refractivity contribution is 6.10. The van der Waals surface area contributed by atoms with Gasteiger partial charge in [0.15, 0.2) is 5.58 Å². The molecule has 8 heteroatoms. The molecule has 1 aliphatic rings. The van der Waals surface area contributed by atoms with Crippen LogP contribution in [0.5, 0.6) is 5.75 Å². The number of benzene rings is 2. The molecule has 0 aliphatic carbocycles. The van der Waals surface area contributed by atoms with Crippen LogP contribution in [0.1, 0.15) is 31.4 Å². The normalized spacial score (nSPS) is 17.0. The van der Waals surface area contributed by atoms with Gasteiger partial charge in [-0.15, -0.1) is 0 Å². The Morgan fingerprint density at radius 2 is 2.18 bits per heavy atom. The fourth-order valence-corrected chi connectivity index (χ4v) is 3.45. The summed E-state index contributed by atoms with van der Waals surface area (Å²) >= 11 is 0. The molecule has 8 nitrogen and oxygen atoms in total. The maximum atomic E-state index is 12.3. The van der Waals surface area contributed by atoms with Crippen molar-refractivity contribution in [2.45, 2.75) is 25.7 Å². The summed E-state index contributed by atoms with van der Waals surface area (Å²) in [6.07, 6.45) is 0.689. The minimum atomic E-state index is -0.516. The summed E-state index contributed by atoms with van der Waals surface area (Å²) in [4.78, 5) is 34.6. The fourth-order valence-electron chi connectivity index (χ4n) is 3.45. The molecule has 1 aliphatic heterocycles. The highest BCUT2D eigenvalue weighted by Gasteiger charge is 2.32. The van der Waals surface area contributed by atoms with Gasteiger partial charge in [-0.3, -0.25) is 19.7 Å². The lowest BCUT2D eigenvalue weighted by molar-refractivity contribution is -0.134. The molecule has 1 saturated heterocycles. The number of rotatable bonds is 5. The van der Waals surface area contributed by atoms with Crippen LogP contribution in [0.3, 0.4) is 0 Å². The number of nitrogens with one attached hydrogen (secondary N) is 2. The zero-order chi connectivity index (χ0) is 19.7. The number of piperidine rings is 1. The number of imide groups is 1. The van der Waals surface area contributed by atoms with Crippen molar-refractivity contribution in [3.8, 4) is 5.75 Å². The molecule has 0 spiro atoms.